The molecule has 0 aliphatic carbocycles. The molecule has 0 bridgehead atoms. The molecule has 5 heteroatoms. The van der Waals surface area contributed by atoms with Gasteiger partial charge >= 0.3 is 0 Å². The number of hydroxylamine groups is 2. The summed E-state index contributed by atoms with van der Waals surface area (Å²) in [4.78, 5) is 12.2. The first-order valence-electron chi connectivity index (χ1n) is 8.13. The minimum absolute atomic E-state index is 0.264. The Morgan fingerprint density at radius 1 is 1.29 bits per heavy atom. The first-order chi connectivity index (χ1) is 11.3. The molecule has 1 unspecified atom stereocenters. The van der Waals surface area contributed by atoms with Gasteiger partial charge in [-0.2, -0.15) is 5.06 Å². The van der Waals surface area contributed by atoms with E-state index in [1.54, 1.807) is 24.3 Å². The molecule has 0 spiro atoms. The molecule has 1 atom stereocenters. The van der Waals surface area contributed by atoms with E-state index in [0.29, 0.717) is 35.0 Å². The minimum Gasteiger partial charge on any atom is -0.493 e. The van der Waals surface area contributed by atoms with Crippen LogP contribution in [0.15, 0.2) is 41.8 Å². The number of aliphatic hydroxyl groups excluding tert-OH is 1. The Labute approximate surface area is 142 Å². The summed E-state index contributed by atoms with van der Waals surface area (Å²) in [5.74, 6) is -0.432. The number of allylic oxidation sites excluding steroid dienone is 1. The van der Waals surface area contributed by atoms with Gasteiger partial charge in [-0.3, -0.25) is 10.0 Å². The predicted octanol–water partition coefficient (Wildman–Crippen LogP) is 4.15. The summed E-state index contributed by atoms with van der Waals surface area (Å²) in [7, 11) is 0. The van der Waals surface area contributed by atoms with Crippen molar-refractivity contribution in [2.24, 2.45) is 11.8 Å². The van der Waals surface area contributed by atoms with Crippen LogP contribution in [0.5, 0.6) is 5.75 Å². The molecular weight excluding hydrogens is 306 g/mol. The lowest BCUT2D eigenvalue weighted by Crippen LogP contribution is -2.26. The number of hydrogen-bond donors (Lipinski definition) is 2. The molecule has 130 valence electrons. The molecule has 1 aliphatic rings. The number of ether oxygens (including phenoxy) is 1. The van der Waals surface area contributed by atoms with E-state index in [1.807, 2.05) is 33.8 Å². The zero-order valence-corrected chi connectivity index (χ0v) is 14.6. The first-order valence-corrected chi connectivity index (χ1v) is 8.13. The third kappa shape index (κ3) is 3.97. The van der Waals surface area contributed by atoms with Crippen LogP contribution in [0.3, 0.4) is 0 Å². The Morgan fingerprint density at radius 2 is 1.92 bits per heavy atom. The van der Waals surface area contributed by atoms with E-state index < -0.39 is 11.8 Å². The van der Waals surface area contributed by atoms with E-state index in [4.69, 9.17) is 4.74 Å². The molecule has 1 heterocycles. The summed E-state index contributed by atoms with van der Waals surface area (Å²) in [5.41, 5.74) is 2.36. The van der Waals surface area contributed by atoms with Crippen LogP contribution < -0.4 is 4.74 Å². The van der Waals surface area contributed by atoms with Crippen LogP contribution in [0, 0.1) is 11.8 Å². The van der Waals surface area contributed by atoms with Crippen molar-refractivity contribution in [2.75, 3.05) is 6.61 Å². The van der Waals surface area contributed by atoms with Gasteiger partial charge in [0.1, 0.15) is 12.4 Å². The maximum Gasteiger partial charge on any atom is 0.261 e. The smallest absolute Gasteiger partial charge is 0.261 e. The summed E-state index contributed by atoms with van der Waals surface area (Å²) in [6, 6.07) is 7.18. The van der Waals surface area contributed by atoms with Crippen LogP contribution in [-0.4, -0.2) is 27.9 Å². The van der Waals surface area contributed by atoms with Gasteiger partial charge in [-0.25, -0.2) is 0 Å². The van der Waals surface area contributed by atoms with E-state index >= 15 is 0 Å². The van der Waals surface area contributed by atoms with Gasteiger partial charge in [-0.1, -0.05) is 31.6 Å². The molecule has 1 aromatic carbocycles. The van der Waals surface area contributed by atoms with Gasteiger partial charge in [0.25, 0.3) is 5.91 Å². The zero-order chi connectivity index (χ0) is 17.9. The van der Waals surface area contributed by atoms with Crippen molar-refractivity contribution >= 4 is 11.5 Å². The van der Waals surface area contributed by atoms with E-state index in [-0.39, 0.29) is 11.8 Å². The molecule has 0 aromatic heterocycles. The molecule has 1 amide bonds. The van der Waals surface area contributed by atoms with Gasteiger partial charge in [-0.05, 0) is 50.0 Å². The van der Waals surface area contributed by atoms with Crippen molar-refractivity contribution in [3.63, 3.8) is 0 Å². The Morgan fingerprint density at radius 3 is 2.46 bits per heavy atom. The molecule has 0 saturated heterocycles. The first kappa shape index (κ1) is 18.1. The number of benzene rings is 1. The van der Waals surface area contributed by atoms with Crippen molar-refractivity contribution in [3.05, 3.63) is 47.4 Å². The summed E-state index contributed by atoms with van der Waals surface area (Å²) in [6.07, 6.45) is 2.55. The van der Waals surface area contributed by atoms with E-state index in [1.165, 1.54) is 5.57 Å². The highest BCUT2D eigenvalue weighted by atomic mass is 16.5. The molecule has 0 fully saturated rings. The van der Waals surface area contributed by atoms with E-state index in [0.717, 1.165) is 0 Å². The fourth-order valence-electron chi connectivity index (χ4n) is 2.70. The lowest BCUT2D eigenvalue weighted by Gasteiger charge is -2.15. The molecule has 24 heavy (non-hydrogen) atoms. The summed E-state index contributed by atoms with van der Waals surface area (Å²) >= 11 is 0. The molecule has 0 radical (unpaired) electrons. The quantitative estimate of drug-likeness (QED) is 0.607. The number of hydrogen-bond acceptors (Lipinski definition) is 4. The third-order valence-corrected chi connectivity index (χ3v) is 3.91. The van der Waals surface area contributed by atoms with Crippen LogP contribution in [0.1, 0.15) is 39.7 Å². The summed E-state index contributed by atoms with van der Waals surface area (Å²) < 4.78 is 5.61. The van der Waals surface area contributed by atoms with Crippen molar-refractivity contribution in [3.8, 4) is 5.75 Å². The van der Waals surface area contributed by atoms with Gasteiger partial charge in [0, 0.05) is 5.57 Å². The standard InChI is InChI=1S/C19H25NO4/c1-12(2)9-10-24-15-7-5-14(6-8-15)17-16(11-13(3)4)18(21)20(23)19(17)22/h5-9,13,16,22-23H,10-11H2,1-4H3. The van der Waals surface area contributed by atoms with Crippen molar-refractivity contribution < 1.29 is 19.8 Å². The number of aliphatic hydroxyl groups is 1. The van der Waals surface area contributed by atoms with Crippen molar-refractivity contribution in [2.45, 2.75) is 34.1 Å². The monoisotopic (exact) mass is 331 g/mol. The minimum atomic E-state index is -0.535. The molecule has 1 aromatic rings. The molecule has 5 nitrogen and oxygen atoms in total. The van der Waals surface area contributed by atoms with Gasteiger partial charge < -0.3 is 9.84 Å². The van der Waals surface area contributed by atoms with Gasteiger partial charge in [0.05, 0.1) is 5.92 Å². The Bertz CT molecular complexity index is 654. The van der Waals surface area contributed by atoms with Gasteiger partial charge in [0.2, 0.25) is 5.88 Å². The average molecular weight is 331 g/mol. The van der Waals surface area contributed by atoms with Gasteiger partial charge in [0.15, 0.2) is 0 Å². The Kier molecular flexibility index (Phi) is 5.67. The molecule has 2 rings (SSSR count). The number of amides is 1. The SMILES string of the molecule is CC(C)=CCOc1ccc(C2=C(O)N(O)C(=O)C2CC(C)C)cc1. The van der Waals surface area contributed by atoms with Crippen LogP contribution in [-0.2, 0) is 4.79 Å². The van der Waals surface area contributed by atoms with E-state index in [9.17, 15) is 15.1 Å². The normalized spacial score (nSPS) is 17.7. The van der Waals surface area contributed by atoms with Crippen LogP contribution >= 0.6 is 0 Å². The van der Waals surface area contributed by atoms with Gasteiger partial charge in [-0.15, -0.1) is 0 Å². The second-order valence-electron chi connectivity index (χ2n) is 6.69. The number of carbonyl (C=O) groups is 1. The largest absolute Gasteiger partial charge is 0.493 e. The fourth-order valence-corrected chi connectivity index (χ4v) is 2.70. The molecule has 2 N–H and O–H groups in total. The maximum atomic E-state index is 12.2. The lowest BCUT2D eigenvalue weighted by molar-refractivity contribution is -0.163. The predicted molar refractivity (Wildman–Crippen MR) is 92.5 cm³/mol. The number of nitrogens with zero attached hydrogens (tertiary/aromatic N) is 1. The second kappa shape index (κ2) is 7.53. The summed E-state index contributed by atoms with van der Waals surface area (Å²) in [5, 5.41) is 20.2. The molecular formula is C19H25NO4. The topological polar surface area (TPSA) is 70.0 Å². The lowest BCUT2D eigenvalue weighted by atomic mass is 9.87. The van der Waals surface area contributed by atoms with Crippen molar-refractivity contribution in [1.82, 2.24) is 5.06 Å². The third-order valence-electron chi connectivity index (χ3n) is 3.91. The maximum absolute atomic E-state index is 12.2. The highest BCUT2D eigenvalue weighted by molar-refractivity contribution is 5.97. The summed E-state index contributed by atoms with van der Waals surface area (Å²) in [6.45, 7) is 8.52. The highest BCUT2D eigenvalue weighted by Crippen LogP contribution is 2.38. The zero-order valence-electron chi connectivity index (χ0n) is 14.6. The number of carbonyl (C=O) groups excluding carboxylic acids is 1. The van der Waals surface area contributed by atoms with Crippen LogP contribution in [0.2, 0.25) is 0 Å². The highest BCUT2D eigenvalue weighted by Gasteiger charge is 2.40. The average Bonchev–Trinajstić information content (AvgIpc) is 2.72. The van der Waals surface area contributed by atoms with Crippen LogP contribution in [0.25, 0.3) is 5.57 Å². The number of rotatable bonds is 6. The van der Waals surface area contributed by atoms with Crippen molar-refractivity contribution in [1.29, 1.82) is 0 Å². The Hall–Kier alpha value is -2.27. The Balaban J connectivity index is 2.22. The molecule has 0 saturated carbocycles. The van der Waals surface area contributed by atoms with E-state index in [2.05, 4.69) is 0 Å². The second-order valence-corrected chi connectivity index (χ2v) is 6.69. The van der Waals surface area contributed by atoms with Crippen LogP contribution in [0.4, 0.5) is 0 Å². The fraction of sp³-hybridized carbons (Fsp3) is 0.421. The molecule has 1 aliphatic heterocycles.